The maximum atomic E-state index is 12.7. The van der Waals surface area contributed by atoms with Gasteiger partial charge in [0.25, 0.3) is 0 Å². The van der Waals surface area contributed by atoms with E-state index < -0.39 is 0 Å². The monoisotopic (exact) mass is 430 g/mol. The molecule has 29 heavy (non-hydrogen) atoms. The second-order valence-corrected chi connectivity index (χ2v) is 8.44. The molecule has 0 atom stereocenters. The van der Waals surface area contributed by atoms with Crippen molar-refractivity contribution in [2.24, 2.45) is 0 Å². The molecule has 0 aliphatic carbocycles. The quantitative estimate of drug-likeness (QED) is 0.529. The molecule has 0 spiro atoms. The molecule has 4 rings (SSSR count). The van der Waals surface area contributed by atoms with E-state index in [0.717, 1.165) is 43.1 Å². The number of amides is 1. The first-order valence-corrected chi connectivity index (χ1v) is 11.2. The van der Waals surface area contributed by atoms with Crippen LogP contribution in [0.3, 0.4) is 0 Å². The number of hydrogen-bond acceptors (Lipinski definition) is 5. The summed E-state index contributed by atoms with van der Waals surface area (Å²) in [5.74, 6) is 2.05. The second-order valence-electron chi connectivity index (χ2n) is 7.06. The van der Waals surface area contributed by atoms with Crippen molar-refractivity contribution in [3.8, 4) is 11.4 Å². The molecule has 0 N–H and O–H groups in total. The Balaban J connectivity index is 1.54. The third-order valence-corrected chi connectivity index (χ3v) is 6.20. The summed E-state index contributed by atoms with van der Waals surface area (Å²) in [4.78, 5) is 14.7. The van der Waals surface area contributed by atoms with Crippen molar-refractivity contribution >= 4 is 29.3 Å². The Hall–Kier alpha value is -2.25. The molecular weight excluding hydrogens is 408 g/mol. The topological polar surface area (TPSA) is 64.2 Å². The summed E-state index contributed by atoms with van der Waals surface area (Å²) in [5, 5.41) is 10.1. The molecule has 1 amide bonds. The lowest BCUT2D eigenvalue weighted by atomic mass is 10.2. The predicted molar refractivity (Wildman–Crippen MR) is 114 cm³/mol. The van der Waals surface area contributed by atoms with E-state index >= 15 is 0 Å². The lowest BCUT2D eigenvalue weighted by Gasteiger charge is -2.19. The number of thioether (sulfide) groups is 1. The SMILES string of the molecule is O=C(CSc1nnc(-c2ccc(Cl)cc2)n1Cc1ccco1)N1CCCCCC1. The van der Waals surface area contributed by atoms with Gasteiger partial charge in [0.2, 0.25) is 5.91 Å². The average molecular weight is 431 g/mol. The van der Waals surface area contributed by atoms with Gasteiger partial charge in [-0.1, -0.05) is 36.2 Å². The van der Waals surface area contributed by atoms with E-state index in [1.807, 2.05) is 45.9 Å². The summed E-state index contributed by atoms with van der Waals surface area (Å²) in [7, 11) is 0. The van der Waals surface area contributed by atoms with Gasteiger partial charge in [-0.2, -0.15) is 0 Å². The Morgan fingerprint density at radius 1 is 1.07 bits per heavy atom. The van der Waals surface area contributed by atoms with Crippen molar-refractivity contribution in [3.05, 3.63) is 53.4 Å². The zero-order valence-corrected chi connectivity index (χ0v) is 17.7. The van der Waals surface area contributed by atoms with Crippen molar-refractivity contribution in [1.82, 2.24) is 19.7 Å². The largest absolute Gasteiger partial charge is 0.467 e. The third-order valence-electron chi connectivity index (χ3n) is 5.00. The van der Waals surface area contributed by atoms with Crippen molar-refractivity contribution in [2.45, 2.75) is 37.4 Å². The first-order chi connectivity index (χ1) is 14.2. The molecule has 0 radical (unpaired) electrons. The van der Waals surface area contributed by atoms with Crippen molar-refractivity contribution in [2.75, 3.05) is 18.8 Å². The molecule has 1 saturated heterocycles. The highest BCUT2D eigenvalue weighted by molar-refractivity contribution is 7.99. The minimum Gasteiger partial charge on any atom is -0.467 e. The highest BCUT2D eigenvalue weighted by Crippen LogP contribution is 2.27. The molecule has 1 aromatic carbocycles. The fourth-order valence-electron chi connectivity index (χ4n) is 3.45. The van der Waals surface area contributed by atoms with Crippen LogP contribution < -0.4 is 0 Å². The van der Waals surface area contributed by atoms with E-state index in [4.69, 9.17) is 16.0 Å². The van der Waals surface area contributed by atoms with Crippen LogP contribution in [-0.2, 0) is 11.3 Å². The van der Waals surface area contributed by atoms with E-state index in [9.17, 15) is 4.79 Å². The van der Waals surface area contributed by atoms with Crippen molar-refractivity contribution in [1.29, 1.82) is 0 Å². The van der Waals surface area contributed by atoms with Crippen LogP contribution in [0.2, 0.25) is 5.02 Å². The molecule has 3 heterocycles. The van der Waals surface area contributed by atoms with Gasteiger partial charge in [-0.3, -0.25) is 9.36 Å². The van der Waals surface area contributed by atoms with Gasteiger partial charge in [0.1, 0.15) is 5.76 Å². The number of hydrogen-bond donors (Lipinski definition) is 0. The minimum atomic E-state index is 0.164. The molecular formula is C21H23ClN4O2S. The highest BCUT2D eigenvalue weighted by atomic mass is 35.5. The normalized spacial score (nSPS) is 14.7. The average Bonchev–Trinajstić information content (AvgIpc) is 3.29. The van der Waals surface area contributed by atoms with Crippen LogP contribution in [0.1, 0.15) is 31.4 Å². The fourth-order valence-corrected chi connectivity index (χ4v) is 4.41. The van der Waals surface area contributed by atoms with Crippen molar-refractivity contribution in [3.63, 3.8) is 0 Å². The number of aromatic nitrogens is 3. The number of carbonyl (C=O) groups is 1. The standard InChI is InChI=1S/C21H23ClN4O2S/c22-17-9-7-16(8-10-17)20-23-24-21(26(20)14-18-6-5-13-28-18)29-15-19(27)25-11-3-1-2-4-12-25/h5-10,13H,1-4,11-12,14-15H2. The van der Waals surface area contributed by atoms with Crippen LogP contribution >= 0.6 is 23.4 Å². The highest BCUT2D eigenvalue weighted by Gasteiger charge is 2.20. The van der Waals surface area contributed by atoms with Crippen LogP contribution in [0, 0.1) is 0 Å². The molecule has 3 aromatic rings. The Bertz CT molecular complexity index is 932. The van der Waals surface area contributed by atoms with Gasteiger partial charge in [0, 0.05) is 23.7 Å². The molecule has 0 unspecified atom stereocenters. The van der Waals surface area contributed by atoms with Gasteiger partial charge in [-0.25, -0.2) is 0 Å². The number of benzene rings is 1. The number of furan rings is 1. The first-order valence-electron chi connectivity index (χ1n) is 9.83. The van der Waals surface area contributed by atoms with Crippen LogP contribution in [0.4, 0.5) is 0 Å². The van der Waals surface area contributed by atoms with Crippen LogP contribution in [0.25, 0.3) is 11.4 Å². The Morgan fingerprint density at radius 2 is 1.83 bits per heavy atom. The van der Waals surface area contributed by atoms with Gasteiger partial charge in [-0.05, 0) is 49.2 Å². The number of carbonyl (C=O) groups excluding carboxylic acids is 1. The summed E-state index contributed by atoms with van der Waals surface area (Å²) in [6, 6.07) is 11.3. The number of nitrogens with zero attached hydrogens (tertiary/aromatic N) is 4. The fraction of sp³-hybridized carbons (Fsp3) is 0.381. The lowest BCUT2D eigenvalue weighted by molar-refractivity contribution is -0.128. The van der Waals surface area contributed by atoms with E-state index in [1.54, 1.807) is 6.26 Å². The maximum absolute atomic E-state index is 12.7. The molecule has 1 aliphatic rings. The Morgan fingerprint density at radius 3 is 2.52 bits per heavy atom. The Kier molecular flexibility index (Phi) is 6.56. The number of rotatable bonds is 6. The van der Waals surface area contributed by atoms with Gasteiger partial charge in [0.15, 0.2) is 11.0 Å². The summed E-state index contributed by atoms with van der Waals surface area (Å²) < 4.78 is 7.51. The van der Waals surface area contributed by atoms with E-state index in [2.05, 4.69) is 10.2 Å². The summed E-state index contributed by atoms with van der Waals surface area (Å²) in [6.45, 7) is 2.21. The van der Waals surface area contributed by atoms with E-state index in [1.165, 1.54) is 24.6 Å². The maximum Gasteiger partial charge on any atom is 0.233 e. The third kappa shape index (κ3) is 5.03. The lowest BCUT2D eigenvalue weighted by Crippen LogP contribution is -2.33. The number of halogens is 1. The van der Waals surface area contributed by atoms with E-state index in [0.29, 0.717) is 22.5 Å². The smallest absolute Gasteiger partial charge is 0.233 e. The summed E-state index contributed by atoms with van der Waals surface area (Å²) in [6.07, 6.45) is 6.24. The predicted octanol–water partition coefficient (Wildman–Crippen LogP) is 4.73. The molecule has 1 aliphatic heterocycles. The van der Waals surface area contributed by atoms with Crippen LogP contribution in [0.5, 0.6) is 0 Å². The number of likely N-dealkylation sites (tertiary alicyclic amines) is 1. The molecule has 8 heteroatoms. The molecule has 0 saturated carbocycles. The zero-order chi connectivity index (χ0) is 20.1. The molecule has 152 valence electrons. The molecule has 6 nitrogen and oxygen atoms in total. The van der Waals surface area contributed by atoms with Crippen LogP contribution in [0.15, 0.2) is 52.2 Å². The minimum absolute atomic E-state index is 0.164. The van der Waals surface area contributed by atoms with Gasteiger partial charge in [0.05, 0.1) is 18.6 Å². The van der Waals surface area contributed by atoms with Gasteiger partial charge < -0.3 is 9.32 Å². The zero-order valence-electron chi connectivity index (χ0n) is 16.1. The first kappa shape index (κ1) is 20.0. The molecule has 2 aromatic heterocycles. The van der Waals surface area contributed by atoms with Gasteiger partial charge >= 0.3 is 0 Å². The molecule has 0 bridgehead atoms. The summed E-state index contributed by atoms with van der Waals surface area (Å²) >= 11 is 7.45. The van der Waals surface area contributed by atoms with E-state index in [-0.39, 0.29) is 5.91 Å². The Labute approximate surface area is 179 Å². The summed E-state index contributed by atoms with van der Waals surface area (Å²) in [5.41, 5.74) is 0.916. The molecule has 1 fully saturated rings. The van der Waals surface area contributed by atoms with Crippen molar-refractivity contribution < 1.29 is 9.21 Å². The van der Waals surface area contributed by atoms with Crippen LogP contribution in [-0.4, -0.2) is 44.4 Å². The second kappa shape index (κ2) is 9.50. The van der Waals surface area contributed by atoms with Gasteiger partial charge in [-0.15, -0.1) is 10.2 Å².